The minimum atomic E-state index is -0.477. The van der Waals surface area contributed by atoms with E-state index in [-0.39, 0.29) is 21.7 Å². The first-order chi connectivity index (χ1) is 8.18. The number of hydrogen-bond acceptors (Lipinski definition) is 5. The van der Waals surface area contributed by atoms with Crippen LogP contribution in [0.2, 0.25) is 10.2 Å². The summed E-state index contributed by atoms with van der Waals surface area (Å²) in [5, 5.41) is 2.60. The first-order valence-corrected chi connectivity index (χ1v) is 5.17. The van der Waals surface area contributed by atoms with Gasteiger partial charge in [-0.2, -0.15) is 0 Å². The van der Waals surface area contributed by atoms with E-state index in [1.807, 2.05) is 0 Å². The van der Waals surface area contributed by atoms with Gasteiger partial charge in [0, 0.05) is 12.4 Å². The topological polar surface area (TPSA) is 80.7 Å². The summed E-state index contributed by atoms with van der Waals surface area (Å²) in [4.78, 5) is 26.8. The number of carbonyl (C=O) groups is 1. The fourth-order valence-electron chi connectivity index (χ4n) is 1.02. The van der Waals surface area contributed by atoms with Crippen LogP contribution < -0.4 is 5.32 Å². The maximum atomic E-state index is 11.7. The van der Waals surface area contributed by atoms with E-state index >= 15 is 0 Å². The van der Waals surface area contributed by atoms with Crippen molar-refractivity contribution in [2.24, 2.45) is 0 Å². The summed E-state index contributed by atoms with van der Waals surface area (Å²) < 4.78 is 0. The molecule has 86 valence electrons. The number of aromatic nitrogens is 4. The number of rotatable bonds is 2. The molecule has 0 aliphatic heterocycles. The molecular weight excluding hydrogens is 265 g/mol. The van der Waals surface area contributed by atoms with Crippen LogP contribution in [0.15, 0.2) is 24.9 Å². The molecule has 0 atom stereocenters. The first kappa shape index (κ1) is 11.7. The van der Waals surface area contributed by atoms with Gasteiger partial charge in [-0.3, -0.25) is 9.78 Å². The van der Waals surface area contributed by atoms with Crippen molar-refractivity contribution in [2.45, 2.75) is 0 Å². The summed E-state index contributed by atoms with van der Waals surface area (Å²) in [6, 6.07) is 0. The molecule has 1 amide bonds. The van der Waals surface area contributed by atoms with Crippen molar-refractivity contribution < 1.29 is 4.79 Å². The summed E-state index contributed by atoms with van der Waals surface area (Å²) >= 11 is 11.5. The summed E-state index contributed by atoms with van der Waals surface area (Å²) in [6.07, 6.45) is 5.39. The smallest absolute Gasteiger partial charge is 0.277 e. The van der Waals surface area contributed by atoms with Crippen LogP contribution in [0.5, 0.6) is 0 Å². The van der Waals surface area contributed by atoms with Gasteiger partial charge >= 0.3 is 0 Å². The van der Waals surface area contributed by atoms with Crippen LogP contribution in [0.1, 0.15) is 10.5 Å². The monoisotopic (exact) mass is 269 g/mol. The van der Waals surface area contributed by atoms with Crippen molar-refractivity contribution in [1.82, 2.24) is 19.9 Å². The molecule has 0 radical (unpaired) electrons. The lowest BCUT2D eigenvalue weighted by Gasteiger charge is -2.05. The van der Waals surface area contributed by atoms with Gasteiger partial charge < -0.3 is 5.32 Å². The lowest BCUT2D eigenvalue weighted by atomic mass is 10.4. The molecule has 6 nitrogen and oxygen atoms in total. The van der Waals surface area contributed by atoms with Crippen molar-refractivity contribution in [2.75, 3.05) is 5.32 Å². The zero-order valence-electron chi connectivity index (χ0n) is 8.26. The molecule has 0 unspecified atom stereocenters. The van der Waals surface area contributed by atoms with Crippen LogP contribution >= 0.6 is 23.2 Å². The highest BCUT2D eigenvalue weighted by Gasteiger charge is 2.12. The maximum absolute atomic E-state index is 11.7. The van der Waals surface area contributed by atoms with E-state index < -0.39 is 5.91 Å². The minimum Gasteiger partial charge on any atom is -0.304 e. The maximum Gasteiger partial charge on any atom is 0.277 e. The normalized spacial score (nSPS) is 10.0. The van der Waals surface area contributed by atoms with Gasteiger partial charge in [-0.25, -0.2) is 15.0 Å². The Hall–Kier alpha value is -1.79. The third-order valence-electron chi connectivity index (χ3n) is 1.77. The molecule has 17 heavy (non-hydrogen) atoms. The van der Waals surface area contributed by atoms with E-state index in [0.717, 1.165) is 0 Å². The Morgan fingerprint density at radius 1 is 1.18 bits per heavy atom. The van der Waals surface area contributed by atoms with E-state index in [1.165, 1.54) is 24.9 Å². The summed E-state index contributed by atoms with van der Waals surface area (Å²) in [5.41, 5.74) is 0.151. The molecule has 2 heterocycles. The highest BCUT2D eigenvalue weighted by molar-refractivity contribution is 6.43. The van der Waals surface area contributed by atoms with Gasteiger partial charge in [0.1, 0.15) is 17.0 Å². The van der Waals surface area contributed by atoms with Gasteiger partial charge in [-0.05, 0) is 0 Å². The Morgan fingerprint density at radius 3 is 2.71 bits per heavy atom. The molecule has 0 aliphatic rings. The molecular formula is C9H5Cl2N5O. The number of nitrogens with one attached hydrogen (secondary N) is 1. The van der Waals surface area contributed by atoms with Crippen LogP contribution in [0.25, 0.3) is 0 Å². The Morgan fingerprint density at radius 2 is 2.00 bits per heavy atom. The highest BCUT2D eigenvalue weighted by atomic mass is 35.5. The Bertz CT molecular complexity index is 548. The predicted octanol–water partition coefficient (Wildman–Crippen LogP) is 1.83. The average molecular weight is 270 g/mol. The lowest BCUT2D eigenvalue weighted by molar-refractivity contribution is 0.102. The zero-order valence-corrected chi connectivity index (χ0v) is 9.77. The van der Waals surface area contributed by atoms with Crippen molar-refractivity contribution in [3.05, 3.63) is 40.8 Å². The summed E-state index contributed by atoms with van der Waals surface area (Å²) in [5.74, 6) is -0.350. The van der Waals surface area contributed by atoms with Gasteiger partial charge in [0.05, 0.1) is 6.20 Å². The molecule has 1 N–H and O–H groups in total. The fraction of sp³-hybridized carbons (Fsp3) is 0. The van der Waals surface area contributed by atoms with Crippen molar-refractivity contribution in [1.29, 1.82) is 0 Å². The van der Waals surface area contributed by atoms with E-state index in [4.69, 9.17) is 23.2 Å². The second-order valence-electron chi connectivity index (χ2n) is 2.87. The molecule has 0 spiro atoms. The minimum absolute atomic E-state index is 0.0658. The molecule has 0 bridgehead atoms. The van der Waals surface area contributed by atoms with Crippen LogP contribution in [0.4, 0.5) is 5.82 Å². The first-order valence-electron chi connectivity index (χ1n) is 4.42. The van der Waals surface area contributed by atoms with Crippen molar-refractivity contribution >= 4 is 34.9 Å². The van der Waals surface area contributed by atoms with Crippen molar-refractivity contribution in [3.8, 4) is 0 Å². The number of anilines is 1. The highest BCUT2D eigenvalue weighted by Crippen LogP contribution is 2.25. The number of hydrogen-bond donors (Lipinski definition) is 1. The van der Waals surface area contributed by atoms with Gasteiger partial charge in [-0.1, -0.05) is 23.2 Å². The Kier molecular flexibility index (Phi) is 3.46. The summed E-state index contributed by atoms with van der Waals surface area (Å²) in [6.45, 7) is 0. The third kappa shape index (κ3) is 2.66. The number of carbonyl (C=O) groups excluding carboxylic acids is 1. The number of amides is 1. The second-order valence-corrected chi connectivity index (χ2v) is 3.61. The van der Waals surface area contributed by atoms with Gasteiger partial charge in [0.25, 0.3) is 5.91 Å². The molecule has 0 saturated carbocycles. The van der Waals surface area contributed by atoms with E-state index in [0.29, 0.717) is 0 Å². The Labute approximate surface area is 106 Å². The third-order valence-corrected chi connectivity index (χ3v) is 2.52. The van der Waals surface area contributed by atoms with Crippen molar-refractivity contribution in [3.63, 3.8) is 0 Å². The molecule has 0 saturated heterocycles. The molecule has 0 aromatic carbocycles. The van der Waals surface area contributed by atoms with E-state index in [2.05, 4.69) is 25.3 Å². The quantitative estimate of drug-likeness (QED) is 0.842. The van der Waals surface area contributed by atoms with Gasteiger partial charge in [0.15, 0.2) is 11.0 Å². The van der Waals surface area contributed by atoms with Crippen LogP contribution in [0.3, 0.4) is 0 Å². The standard InChI is InChI=1S/C9H5Cl2N5O/c10-6-7(11)14-4-15-8(6)16-9(17)5-3-12-1-2-13-5/h1-4H,(H,14,15,16,17). The lowest BCUT2D eigenvalue weighted by Crippen LogP contribution is -2.15. The van der Waals surface area contributed by atoms with Crippen LogP contribution in [0, 0.1) is 0 Å². The number of nitrogens with zero attached hydrogens (tertiary/aromatic N) is 4. The van der Waals surface area contributed by atoms with E-state index in [1.54, 1.807) is 0 Å². The van der Waals surface area contributed by atoms with Gasteiger partial charge in [0.2, 0.25) is 0 Å². The zero-order chi connectivity index (χ0) is 12.3. The molecule has 2 aromatic rings. The molecule has 0 aliphatic carbocycles. The number of halogens is 2. The van der Waals surface area contributed by atoms with Crippen LogP contribution in [-0.2, 0) is 0 Å². The van der Waals surface area contributed by atoms with Gasteiger partial charge in [-0.15, -0.1) is 0 Å². The molecule has 8 heteroatoms. The molecule has 2 aromatic heterocycles. The largest absolute Gasteiger partial charge is 0.304 e. The molecule has 0 fully saturated rings. The molecule has 2 rings (SSSR count). The fourth-order valence-corrected chi connectivity index (χ4v) is 1.30. The second kappa shape index (κ2) is 5.03. The van der Waals surface area contributed by atoms with Crippen LogP contribution in [-0.4, -0.2) is 25.8 Å². The predicted molar refractivity (Wildman–Crippen MR) is 62.0 cm³/mol. The average Bonchev–Trinajstić information content (AvgIpc) is 2.36. The Balaban J connectivity index is 2.22. The summed E-state index contributed by atoms with van der Waals surface area (Å²) in [7, 11) is 0. The SMILES string of the molecule is O=C(Nc1ncnc(Cl)c1Cl)c1cnccn1. The van der Waals surface area contributed by atoms with E-state index in [9.17, 15) is 4.79 Å².